The van der Waals surface area contributed by atoms with Gasteiger partial charge >= 0.3 is 0 Å². The van der Waals surface area contributed by atoms with Gasteiger partial charge in [-0.2, -0.15) is 0 Å². The van der Waals surface area contributed by atoms with Crippen LogP contribution in [0.25, 0.3) is 0 Å². The fourth-order valence-corrected chi connectivity index (χ4v) is 2.88. The molecular formula is C16H23ClN2O. The zero-order chi connectivity index (χ0) is 14.4. The van der Waals surface area contributed by atoms with E-state index in [0.29, 0.717) is 6.42 Å². The maximum absolute atomic E-state index is 12.4. The molecule has 3 nitrogen and oxygen atoms in total. The van der Waals surface area contributed by atoms with Gasteiger partial charge in [0.05, 0.1) is 6.04 Å². The quantitative estimate of drug-likeness (QED) is 0.844. The molecule has 4 heteroatoms. The molecule has 1 heterocycles. The molecular weight excluding hydrogens is 272 g/mol. The topological polar surface area (TPSA) is 32.3 Å². The Morgan fingerprint density at radius 1 is 1.45 bits per heavy atom. The summed E-state index contributed by atoms with van der Waals surface area (Å²) < 4.78 is 0. The van der Waals surface area contributed by atoms with Gasteiger partial charge in [-0.1, -0.05) is 43.5 Å². The molecule has 1 atom stereocenters. The van der Waals surface area contributed by atoms with Crippen molar-refractivity contribution in [1.29, 1.82) is 0 Å². The number of carbonyl (C=O) groups excluding carboxylic acids is 1. The minimum atomic E-state index is 0.108. The van der Waals surface area contributed by atoms with E-state index in [-0.39, 0.29) is 11.9 Å². The summed E-state index contributed by atoms with van der Waals surface area (Å²) >= 11 is 6.07. The van der Waals surface area contributed by atoms with Crippen LogP contribution in [0.4, 0.5) is 0 Å². The molecule has 1 unspecified atom stereocenters. The fourth-order valence-electron chi connectivity index (χ4n) is 2.68. The second kappa shape index (κ2) is 7.65. The summed E-state index contributed by atoms with van der Waals surface area (Å²) in [5.41, 5.74) is 1.12. The van der Waals surface area contributed by atoms with E-state index < -0.39 is 0 Å². The molecule has 1 aromatic carbocycles. The number of nitrogens with one attached hydrogen (secondary N) is 1. The average molecular weight is 295 g/mol. The molecule has 20 heavy (non-hydrogen) atoms. The zero-order valence-electron chi connectivity index (χ0n) is 12.1. The summed E-state index contributed by atoms with van der Waals surface area (Å²) in [6.45, 7) is 4.61. The molecule has 1 amide bonds. The van der Waals surface area contributed by atoms with Crippen LogP contribution in [0.3, 0.4) is 0 Å². The molecule has 1 saturated heterocycles. The number of piperazine rings is 1. The predicted octanol–water partition coefficient (Wildman–Crippen LogP) is 3.39. The Morgan fingerprint density at radius 3 is 3.05 bits per heavy atom. The first-order valence-corrected chi connectivity index (χ1v) is 7.86. The predicted molar refractivity (Wildman–Crippen MR) is 82.9 cm³/mol. The second-order valence-corrected chi connectivity index (χ2v) is 5.76. The zero-order valence-corrected chi connectivity index (χ0v) is 12.8. The van der Waals surface area contributed by atoms with Gasteiger partial charge in [-0.05, 0) is 24.1 Å². The lowest BCUT2D eigenvalue weighted by Crippen LogP contribution is -2.48. The van der Waals surface area contributed by atoms with Crippen molar-refractivity contribution in [3.63, 3.8) is 0 Å². The molecule has 0 saturated carbocycles. The van der Waals surface area contributed by atoms with Crippen LogP contribution < -0.4 is 5.32 Å². The number of carbonyl (C=O) groups is 1. The Labute approximate surface area is 126 Å². The maximum atomic E-state index is 12.4. The summed E-state index contributed by atoms with van der Waals surface area (Å²) in [6, 6.07) is 7.94. The molecule has 0 bridgehead atoms. The normalized spacial score (nSPS) is 19.1. The highest BCUT2D eigenvalue weighted by Crippen LogP contribution is 2.25. The molecule has 0 aliphatic carbocycles. The number of nitrogens with zero attached hydrogens (tertiary/aromatic N) is 1. The molecule has 1 aliphatic heterocycles. The van der Waals surface area contributed by atoms with Crippen molar-refractivity contribution in [3.05, 3.63) is 34.9 Å². The van der Waals surface area contributed by atoms with E-state index in [9.17, 15) is 4.79 Å². The lowest BCUT2D eigenvalue weighted by Gasteiger charge is -2.36. The molecule has 0 spiro atoms. The van der Waals surface area contributed by atoms with Gasteiger partial charge in [0, 0.05) is 31.1 Å². The number of hydrogen-bond donors (Lipinski definition) is 1. The SMILES string of the molecule is CCCCCC(=O)N1CCNCC1c1cccc(Cl)c1. The van der Waals surface area contributed by atoms with Crippen molar-refractivity contribution in [2.75, 3.05) is 19.6 Å². The molecule has 110 valence electrons. The maximum Gasteiger partial charge on any atom is 0.223 e. The third-order valence-corrected chi connectivity index (χ3v) is 4.03. The van der Waals surface area contributed by atoms with E-state index >= 15 is 0 Å². The summed E-state index contributed by atoms with van der Waals surface area (Å²) in [5.74, 6) is 0.268. The Hall–Kier alpha value is -1.06. The van der Waals surface area contributed by atoms with Gasteiger partial charge in [-0.25, -0.2) is 0 Å². The lowest BCUT2D eigenvalue weighted by molar-refractivity contribution is -0.134. The first-order valence-electron chi connectivity index (χ1n) is 7.48. The molecule has 1 aromatic rings. The summed E-state index contributed by atoms with van der Waals surface area (Å²) in [6.07, 6.45) is 3.92. The summed E-state index contributed by atoms with van der Waals surface area (Å²) in [7, 11) is 0. The van der Waals surface area contributed by atoms with Crippen LogP contribution in [0.5, 0.6) is 0 Å². The van der Waals surface area contributed by atoms with Crippen LogP contribution in [0.2, 0.25) is 5.02 Å². The Bertz CT molecular complexity index is 450. The number of unbranched alkanes of at least 4 members (excludes halogenated alkanes) is 2. The molecule has 1 fully saturated rings. The Kier molecular flexibility index (Phi) is 5.86. The highest BCUT2D eigenvalue weighted by Gasteiger charge is 2.27. The van der Waals surface area contributed by atoms with Crippen LogP contribution >= 0.6 is 11.6 Å². The van der Waals surface area contributed by atoms with Crippen molar-refractivity contribution in [1.82, 2.24) is 10.2 Å². The standard InChI is InChI=1S/C16H23ClN2O/c1-2-3-4-8-16(20)19-10-9-18-12-15(19)13-6-5-7-14(17)11-13/h5-7,11,15,18H,2-4,8-10,12H2,1H3. The van der Waals surface area contributed by atoms with E-state index in [1.165, 1.54) is 0 Å². The minimum Gasteiger partial charge on any atom is -0.333 e. The average Bonchev–Trinajstić information content (AvgIpc) is 2.47. The van der Waals surface area contributed by atoms with Gasteiger partial charge in [0.2, 0.25) is 5.91 Å². The third-order valence-electron chi connectivity index (χ3n) is 3.79. The van der Waals surface area contributed by atoms with Crippen LogP contribution in [0.15, 0.2) is 24.3 Å². The van der Waals surface area contributed by atoms with E-state index in [1.54, 1.807) is 0 Å². The van der Waals surface area contributed by atoms with Crippen molar-refractivity contribution in [2.24, 2.45) is 0 Å². The Morgan fingerprint density at radius 2 is 2.30 bits per heavy atom. The highest BCUT2D eigenvalue weighted by molar-refractivity contribution is 6.30. The van der Waals surface area contributed by atoms with E-state index in [0.717, 1.165) is 49.5 Å². The van der Waals surface area contributed by atoms with Gasteiger partial charge in [0.1, 0.15) is 0 Å². The van der Waals surface area contributed by atoms with Crippen molar-refractivity contribution >= 4 is 17.5 Å². The third kappa shape index (κ3) is 3.97. The van der Waals surface area contributed by atoms with Crippen molar-refractivity contribution < 1.29 is 4.79 Å². The number of halogens is 1. The summed E-state index contributed by atoms with van der Waals surface area (Å²) in [5, 5.41) is 4.10. The fraction of sp³-hybridized carbons (Fsp3) is 0.562. The van der Waals surface area contributed by atoms with Crippen LogP contribution in [-0.2, 0) is 4.79 Å². The van der Waals surface area contributed by atoms with Gasteiger partial charge in [-0.3, -0.25) is 4.79 Å². The monoisotopic (exact) mass is 294 g/mol. The smallest absolute Gasteiger partial charge is 0.223 e. The van der Waals surface area contributed by atoms with Crippen LogP contribution in [0.1, 0.15) is 44.2 Å². The van der Waals surface area contributed by atoms with Gasteiger partial charge in [-0.15, -0.1) is 0 Å². The van der Waals surface area contributed by atoms with Crippen LogP contribution in [-0.4, -0.2) is 30.4 Å². The molecule has 0 radical (unpaired) electrons. The van der Waals surface area contributed by atoms with Crippen LogP contribution in [0, 0.1) is 0 Å². The lowest BCUT2D eigenvalue weighted by atomic mass is 10.0. The van der Waals surface area contributed by atoms with Gasteiger partial charge < -0.3 is 10.2 Å². The number of benzene rings is 1. The molecule has 0 aromatic heterocycles. The number of hydrogen-bond acceptors (Lipinski definition) is 2. The molecule has 2 rings (SSSR count). The number of amides is 1. The van der Waals surface area contributed by atoms with Gasteiger partial charge in [0.25, 0.3) is 0 Å². The minimum absolute atomic E-state index is 0.108. The largest absolute Gasteiger partial charge is 0.333 e. The number of rotatable bonds is 5. The first kappa shape index (κ1) is 15.3. The van der Waals surface area contributed by atoms with Crippen molar-refractivity contribution in [2.45, 2.75) is 38.6 Å². The second-order valence-electron chi connectivity index (χ2n) is 5.32. The molecule has 1 N–H and O–H groups in total. The summed E-state index contributed by atoms with van der Waals surface area (Å²) in [4.78, 5) is 14.4. The van der Waals surface area contributed by atoms with Crippen molar-refractivity contribution in [3.8, 4) is 0 Å². The van der Waals surface area contributed by atoms with E-state index in [4.69, 9.17) is 11.6 Å². The molecule has 1 aliphatic rings. The Balaban J connectivity index is 2.07. The van der Waals surface area contributed by atoms with E-state index in [2.05, 4.69) is 18.3 Å². The first-order chi connectivity index (χ1) is 9.72. The van der Waals surface area contributed by atoms with Gasteiger partial charge in [0.15, 0.2) is 0 Å². The highest BCUT2D eigenvalue weighted by atomic mass is 35.5. The van der Waals surface area contributed by atoms with E-state index in [1.807, 2.05) is 23.1 Å².